The number of imide groups is 1. The van der Waals surface area contributed by atoms with E-state index in [4.69, 9.17) is 9.57 Å². The van der Waals surface area contributed by atoms with E-state index in [-0.39, 0.29) is 19.3 Å². The highest BCUT2D eigenvalue weighted by Gasteiger charge is 2.37. The summed E-state index contributed by atoms with van der Waals surface area (Å²) < 4.78 is 7.20. The number of ether oxygens (including phenoxy) is 1. The van der Waals surface area contributed by atoms with Crippen LogP contribution in [-0.2, 0) is 24.0 Å². The molecule has 2 aliphatic heterocycles. The maximum absolute atomic E-state index is 13.6. The number of hydrogen-bond acceptors (Lipinski definition) is 7. The fourth-order valence-electron chi connectivity index (χ4n) is 4.67. The summed E-state index contributed by atoms with van der Waals surface area (Å²) >= 11 is 6.91. The first-order valence-electron chi connectivity index (χ1n) is 12.0. The van der Waals surface area contributed by atoms with Gasteiger partial charge < -0.3 is 14.5 Å². The Hall–Kier alpha value is -3.50. The summed E-state index contributed by atoms with van der Waals surface area (Å²) in [4.78, 5) is 56.5. The van der Waals surface area contributed by atoms with Crippen molar-refractivity contribution in [2.24, 2.45) is 0 Å². The van der Waals surface area contributed by atoms with Gasteiger partial charge in [-0.1, -0.05) is 42.5 Å². The van der Waals surface area contributed by atoms with Crippen LogP contribution >= 0.6 is 31.9 Å². The molecule has 0 atom stereocenters. The van der Waals surface area contributed by atoms with Gasteiger partial charge in [0.05, 0.1) is 8.95 Å². The number of esters is 1. The molecule has 0 N–H and O–H groups in total. The summed E-state index contributed by atoms with van der Waals surface area (Å²) in [6.07, 6.45) is 0.515. The lowest BCUT2D eigenvalue weighted by Crippen LogP contribution is -2.33. The van der Waals surface area contributed by atoms with Gasteiger partial charge >= 0.3 is 11.9 Å². The van der Waals surface area contributed by atoms with Crippen LogP contribution in [0.15, 0.2) is 75.7 Å². The predicted molar refractivity (Wildman–Crippen MR) is 146 cm³/mol. The number of hydroxylamine groups is 2. The second-order valence-corrected chi connectivity index (χ2v) is 10.5. The van der Waals surface area contributed by atoms with E-state index in [1.165, 1.54) is 0 Å². The minimum Gasteiger partial charge on any atom is -0.423 e. The lowest BCUT2D eigenvalue weighted by molar-refractivity contribution is -0.197. The summed E-state index contributed by atoms with van der Waals surface area (Å²) in [6.45, 7) is 0.447. The van der Waals surface area contributed by atoms with Crippen LogP contribution in [0.4, 0.5) is 11.4 Å². The Kier molecular flexibility index (Phi) is 7.62. The van der Waals surface area contributed by atoms with E-state index in [0.29, 0.717) is 32.7 Å². The van der Waals surface area contributed by atoms with Crippen LogP contribution in [0.2, 0.25) is 0 Å². The molecule has 0 bridgehead atoms. The Bertz CT molecular complexity index is 1360. The van der Waals surface area contributed by atoms with Crippen LogP contribution in [-0.4, -0.2) is 35.4 Å². The first-order chi connectivity index (χ1) is 18.3. The Morgan fingerprint density at radius 3 is 1.95 bits per heavy atom. The number of carbonyl (C=O) groups excluding carboxylic acids is 4. The topological polar surface area (TPSA) is 93.2 Å². The molecule has 2 heterocycles. The van der Waals surface area contributed by atoms with E-state index in [2.05, 4.69) is 36.8 Å². The van der Waals surface area contributed by atoms with Crippen molar-refractivity contribution in [3.8, 4) is 5.75 Å². The Morgan fingerprint density at radius 2 is 1.37 bits per heavy atom. The van der Waals surface area contributed by atoms with E-state index in [1.807, 2.05) is 54.6 Å². The second-order valence-electron chi connectivity index (χ2n) is 8.82. The number of anilines is 2. The Balaban J connectivity index is 1.37. The van der Waals surface area contributed by atoms with Gasteiger partial charge in [0.15, 0.2) is 5.75 Å². The largest absolute Gasteiger partial charge is 0.423 e. The number of carbonyl (C=O) groups is 4. The third-order valence-electron chi connectivity index (χ3n) is 6.40. The number of fused-ring (bicyclic) bond motifs is 2. The number of hydrogen-bond donors (Lipinski definition) is 0. The molecule has 10 heteroatoms. The highest BCUT2D eigenvalue weighted by atomic mass is 79.9. The molecule has 0 saturated carbocycles. The van der Waals surface area contributed by atoms with E-state index >= 15 is 0 Å². The van der Waals surface area contributed by atoms with Crippen molar-refractivity contribution in [3.05, 3.63) is 86.8 Å². The molecule has 3 aromatic rings. The third kappa shape index (κ3) is 5.10. The molecular weight excluding hydrogens is 620 g/mol. The molecule has 0 aromatic heterocycles. The summed E-state index contributed by atoms with van der Waals surface area (Å²) in [5.74, 6) is -2.32. The van der Waals surface area contributed by atoms with Crippen molar-refractivity contribution >= 4 is 67.0 Å². The summed E-state index contributed by atoms with van der Waals surface area (Å²) in [5, 5.41) is 0.563. The summed E-state index contributed by atoms with van der Waals surface area (Å²) in [7, 11) is 0. The molecule has 2 amide bonds. The minimum atomic E-state index is -0.658. The monoisotopic (exact) mass is 640 g/mol. The van der Waals surface area contributed by atoms with Crippen molar-refractivity contribution in [1.29, 1.82) is 0 Å². The zero-order valence-electron chi connectivity index (χ0n) is 20.1. The van der Waals surface area contributed by atoms with Crippen molar-refractivity contribution < 1.29 is 28.8 Å². The number of nitrogens with zero attached hydrogens (tertiary/aromatic N) is 2. The van der Waals surface area contributed by atoms with Gasteiger partial charge in [-0.05, 0) is 73.7 Å². The van der Waals surface area contributed by atoms with Gasteiger partial charge in [-0.25, -0.2) is 4.79 Å². The molecule has 8 nitrogen and oxygen atoms in total. The molecule has 194 valence electrons. The van der Waals surface area contributed by atoms with Crippen LogP contribution < -0.4 is 9.64 Å². The number of rotatable bonds is 7. The molecule has 0 unspecified atom stereocenters. The standard InChI is InChI=1S/C28H22Br2N2O6/c29-19-9-5-10-20(30)27(19)37-28(36)26-17-7-1-3-11-21(17)31(22-12-4-2-8-18(22)26)16-6-13-25(35)38-32-23(33)14-15-24(32)34/h1-5,7-12,26H,6,13-16H2. The van der Waals surface area contributed by atoms with Gasteiger partial charge in [-0.2, -0.15) is 0 Å². The fraction of sp³-hybridized carbons (Fsp3) is 0.214. The maximum Gasteiger partial charge on any atom is 0.333 e. The van der Waals surface area contributed by atoms with Crippen LogP contribution in [0.25, 0.3) is 0 Å². The van der Waals surface area contributed by atoms with Crippen LogP contribution in [0.3, 0.4) is 0 Å². The molecule has 0 spiro atoms. The van der Waals surface area contributed by atoms with E-state index < -0.39 is 29.7 Å². The molecule has 1 fully saturated rings. The van der Waals surface area contributed by atoms with E-state index in [0.717, 1.165) is 22.5 Å². The predicted octanol–water partition coefficient (Wildman–Crippen LogP) is 5.79. The van der Waals surface area contributed by atoms with Crippen molar-refractivity contribution in [2.45, 2.75) is 31.6 Å². The second kappa shape index (κ2) is 11.1. The van der Waals surface area contributed by atoms with Gasteiger partial charge in [0.2, 0.25) is 0 Å². The molecular formula is C28H22Br2N2O6. The van der Waals surface area contributed by atoms with E-state index in [1.54, 1.807) is 12.1 Å². The SMILES string of the molecule is O=C(CCCN1c2ccccc2C(C(=O)Oc2c(Br)cccc2Br)c2ccccc21)ON1C(=O)CCC1=O. The van der Waals surface area contributed by atoms with Crippen LogP contribution in [0.1, 0.15) is 42.7 Å². The molecule has 1 saturated heterocycles. The smallest absolute Gasteiger partial charge is 0.333 e. The minimum absolute atomic E-state index is 0.0133. The average Bonchev–Trinajstić information content (AvgIpc) is 3.22. The van der Waals surface area contributed by atoms with Crippen molar-refractivity contribution in [3.63, 3.8) is 0 Å². The quantitative estimate of drug-likeness (QED) is 0.183. The van der Waals surface area contributed by atoms with Gasteiger partial charge in [0.1, 0.15) is 5.92 Å². The average molecular weight is 642 g/mol. The maximum atomic E-state index is 13.6. The molecule has 38 heavy (non-hydrogen) atoms. The van der Waals surface area contributed by atoms with Crippen molar-refractivity contribution in [1.82, 2.24) is 5.06 Å². The number of benzene rings is 3. The highest BCUT2D eigenvalue weighted by Crippen LogP contribution is 2.46. The first-order valence-corrected chi connectivity index (χ1v) is 13.6. The third-order valence-corrected chi connectivity index (χ3v) is 7.64. The van der Waals surface area contributed by atoms with Gasteiger partial charge in [0.25, 0.3) is 11.8 Å². The van der Waals surface area contributed by atoms with Crippen LogP contribution in [0.5, 0.6) is 5.75 Å². The van der Waals surface area contributed by atoms with Gasteiger partial charge in [-0.15, -0.1) is 5.06 Å². The number of halogens is 2. The molecule has 2 aliphatic rings. The zero-order valence-corrected chi connectivity index (χ0v) is 23.2. The summed E-state index contributed by atoms with van der Waals surface area (Å²) in [6, 6.07) is 20.6. The Morgan fingerprint density at radius 1 is 0.816 bits per heavy atom. The van der Waals surface area contributed by atoms with Gasteiger partial charge in [0, 0.05) is 37.2 Å². The molecule has 0 aliphatic carbocycles. The van der Waals surface area contributed by atoms with Gasteiger partial charge in [-0.3, -0.25) is 14.4 Å². The molecule has 5 rings (SSSR count). The van der Waals surface area contributed by atoms with Crippen molar-refractivity contribution in [2.75, 3.05) is 11.4 Å². The normalized spacial score (nSPS) is 14.8. The number of amides is 2. The number of para-hydroxylation sites is 3. The summed E-state index contributed by atoms with van der Waals surface area (Å²) in [5.41, 5.74) is 3.24. The van der Waals surface area contributed by atoms with Crippen LogP contribution in [0, 0.1) is 0 Å². The first kappa shape index (κ1) is 26.1. The molecule has 0 radical (unpaired) electrons. The van der Waals surface area contributed by atoms with E-state index in [9.17, 15) is 19.2 Å². The fourth-order valence-corrected chi connectivity index (χ4v) is 5.83. The zero-order chi connectivity index (χ0) is 26.8. The highest BCUT2D eigenvalue weighted by molar-refractivity contribution is 9.11. The lowest BCUT2D eigenvalue weighted by atomic mass is 9.84. The lowest BCUT2D eigenvalue weighted by Gasteiger charge is -2.36. The Labute approximate surface area is 235 Å². The molecule has 3 aromatic carbocycles.